The first-order chi connectivity index (χ1) is 8.25. The van der Waals surface area contributed by atoms with Gasteiger partial charge in [-0.3, -0.25) is 0 Å². The minimum atomic E-state index is -0.164. The summed E-state index contributed by atoms with van der Waals surface area (Å²) < 4.78 is 13.0. The maximum atomic E-state index is 13.0. The molecular formula is C13H14FN3. The summed E-state index contributed by atoms with van der Waals surface area (Å²) in [6.07, 6.45) is 1.65. The summed E-state index contributed by atoms with van der Waals surface area (Å²) in [4.78, 5) is 0. The van der Waals surface area contributed by atoms with Crippen molar-refractivity contribution in [1.82, 2.24) is 15.5 Å². The lowest BCUT2D eigenvalue weighted by Crippen LogP contribution is -2.14. The molecule has 0 aliphatic heterocycles. The monoisotopic (exact) mass is 231 g/mol. The molecule has 0 radical (unpaired) electrons. The molecule has 0 bridgehead atoms. The smallest absolute Gasteiger partial charge is 0.126 e. The molecule has 0 amide bonds. The Labute approximate surface area is 99.7 Å². The van der Waals surface area contributed by atoms with Crippen LogP contribution < -0.4 is 5.32 Å². The highest BCUT2D eigenvalue weighted by atomic mass is 19.1. The second-order valence-corrected chi connectivity index (χ2v) is 3.90. The van der Waals surface area contributed by atoms with Crippen LogP contribution in [0.1, 0.15) is 16.8 Å². The van der Waals surface area contributed by atoms with Gasteiger partial charge in [-0.05, 0) is 36.2 Å². The average Bonchev–Trinajstić information content (AvgIpc) is 2.35. The molecule has 0 unspecified atom stereocenters. The molecule has 0 spiro atoms. The summed E-state index contributed by atoms with van der Waals surface area (Å²) >= 11 is 0. The number of nitrogens with zero attached hydrogens (tertiary/aromatic N) is 2. The number of hydrogen-bond donors (Lipinski definition) is 1. The Bertz CT molecular complexity index is 485. The zero-order valence-electron chi connectivity index (χ0n) is 9.65. The molecule has 1 aromatic heterocycles. The van der Waals surface area contributed by atoms with Crippen molar-refractivity contribution in [2.45, 2.75) is 20.0 Å². The molecule has 0 atom stereocenters. The third kappa shape index (κ3) is 3.32. The van der Waals surface area contributed by atoms with Gasteiger partial charge in [0.15, 0.2) is 0 Å². The van der Waals surface area contributed by atoms with Gasteiger partial charge in [-0.2, -0.15) is 10.2 Å². The fraction of sp³-hybridized carbons (Fsp3) is 0.231. The third-order valence-corrected chi connectivity index (χ3v) is 2.49. The summed E-state index contributed by atoms with van der Waals surface area (Å²) in [5, 5.41) is 11.0. The Morgan fingerprint density at radius 2 is 2.12 bits per heavy atom. The van der Waals surface area contributed by atoms with Crippen molar-refractivity contribution < 1.29 is 4.39 Å². The number of benzene rings is 1. The molecule has 1 aromatic carbocycles. The van der Waals surface area contributed by atoms with Gasteiger partial charge in [0.05, 0.1) is 5.69 Å². The van der Waals surface area contributed by atoms with E-state index in [2.05, 4.69) is 15.5 Å². The summed E-state index contributed by atoms with van der Waals surface area (Å²) in [7, 11) is 0. The highest BCUT2D eigenvalue weighted by Gasteiger charge is 1.99. The van der Waals surface area contributed by atoms with Gasteiger partial charge in [0.25, 0.3) is 0 Å². The van der Waals surface area contributed by atoms with Crippen molar-refractivity contribution in [2.75, 3.05) is 0 Å². The largest absolute Gasteiger partial charge is 0.307 e. The molecule has 88 valence electrons. The zero-order valence-corrected chi connectivity index (χ0v) is 9.65. The van der Waals surface area contributed by atoms with Crippen molar-refractivity contribution in [3.8, 4) is 0 Å². The first-order valence-corrected chi connectivity index (χ1v) is 5.48. The van der Waals surface area contributed by atoms with E-state index in [0.29, 0.717) is 18.7 Å². The van der Waals surface area contributed by atoms with Gasteiger partial charge in [-0.1, -0.05) is 12.1 Å². The van der Waals surface area contributed by atoms with Crippen LogP contribution in [0.25, 0.3) is 0 Å². The summed E-state index contributed by atoms with van der Waals surface area (Å²) in [6, 6.07) is 8.89. The van der Waals surface area contributed by atoms with Crippen LogP contribution >= 0.6 is 0 Å². The van der Waals surface area contributed by atoms with Crippen LogP contribution in [-0.2, 0) is 13.1 Å². The maximum absolute atomic E-state index is 13.0. The summed E-state index contributed by atoms with van der Waals surface area (Å²) in [5.41, 5.74) is 2.63. The van der Waals surface area contributed by atoms with Gasteiger partial charge in [0, 0.05) is 19.3 Å². The Hall–Kier alpha value is -1.81. The van der Waals surface area contributed by atoms with Crippen molar-refractivity contribution in [3.63, 3.8) is 0 Å². The van der Waals surface area contributed by atoms with Gasteiger partial charge in [-0.25, -0.2) is 4.39 Å². The van der Waals surface area contributed by atoms with Crippen LogP contribution in [0, 0.1) is 12.7 Å². The minimum absolute atomic E-state index is 0.164. The number of rotatable bonds is 4. The lowest BCUT2D eigenvalue weighted by atomic mass is 10.1. The summed E-state index contributed by atoms with van der Waals surface area (Å²) in [6.45, 7) is 3.11. The van der Waals surface area contributed by atoms with E-state index in [9.17, 15) is 4.39 Å². The SMILES string of the molecule is Cc1cc(CNCc2cccnn2)ccc1F. The Kier molecular flexibility index (Phi) is 3.77. The molecule has 0 saturated carbocycles. The highest BCUT2D eigenvalue weighted by Crippen LogP contribution is 2.08. The fourth-order valence-electron chi connectivity index (χ4n) is 1.58. The van der Waals surface area contributed by atoms with E-state index in [4.69, 9.17) is 0 Å². The molecular weight excluding hydrogens is 217 g/mol. The van der Waals surface area contributed by atoms with Crippen LogP contribution in [0.2, 0.25) is 0 Å². The first-order valence-electron chi connectivity index (χ1n) is 5.48. The van der Waals surface area contributed by atoms with Crippen LogP contribution in [0.3, 0.4) is 0 Å². The molecule has 1 heterocycles. The molecule has 4 heteroatoms. The molecule has 0 fully saturated rings. The van der Waals surface area contributed by atoms with Crippen LogP contribution in [0.15, 0.2) is 36.5 Å². The van der Waals surface area contributed by atoms with Crippen molar-refractivity contribution in [2.24, 2.45) is 0 Å². The second kappa shape index (κ2) is 5.50. The first kappa shape index (κ1) is 11.7. The molecule has 3 nitrogen and oxygen atoms in total. The molecule has 2 aromatic rings. The molecule has 0 aliphatic carbocycles. The predicted octanol–water partition coefficient (Wildman–Crippen LogP) is 2.21. The topological polar surface area (TPSA) is 37.8 Å². The van der Waals surface area contributed by atoms with Crippen molar-refractivity contribution >= 4 is 0 Å². The Morgan fingerprint density at radius 1 is 1.24 bits per heavy atom. The van der Waals surface area contributed by atoms with Crippen LogP contribution in [0.5, 0.6) is 0 Å². The van der Waals surface area contributed by atoms with Crippen molar-refractivity contribution in [3.05, 3.63) is 59.2 Å². The number of hydrogen-bond acceptors (Lipinski definition) is 3. The quantitative estimate of drug-likeness (QED) is 0.876. The molecule has 0 saturated heterocycles. The lowest BCUT2D eigenvalue weighted by Gasteiger charge is -2.05. The van der Waals surface area contributed by atoms with Gasteiger partial charge in [0.1, 0.15) is 5.82 Å². The van der Waals surface area contributed by atoms with E-state index >= 15 is 0 Å². The number of aromatic nitrogens is 2. The Balaban J connectivity index is 1.88. The molecule has 2 rings (SSSR count). The van der Waals surface area contributed by atoms with E-state index < -0.39 is 0 Å². The lowest BCUT2D eigenvalue weighted by molar-refractivity contribution is 0.614. The van der Waals surface area contributed by atoms with Gasteiger partial charge in [-0.15, -0.1) is 0 Å². The van der Waals surface area contributed by atoms with Crippen LogP contribution in [-0.4, -0.2) is 10.2 Å². The van der Waals surface area contributed by atoms with Crippen LogP contribution in [0.4, 0.5) is 4.39 Å². The van der Waals surface area contributed by atoms with E-state index in [1.807, 2.05) is 18.2 Å². The normalized spacial score (nSPS) is 10.5. The van der Waals surface area contributed by atoms with Gasteiger partial charge < -0.3 is 5.32 Å². The van der Waals surface area contributed by atoms with E-state index in [1.54, 1.807) is 19.2 Å². The molecule has 1 N–H and O–H groups in total. The van der Waals surface area contributed by atoms with E-state index in [-0.39, 0.29) is 5.82 Å². The Morgan fingerprint density at radius 3 is 2.82 bits per heavy atom. The maximum Gasteiger partial charge on any atom is 0.126 e. The van der Waals surface area contributed by atoms with Crippen molar-refractivity contribution in [1.29, 1.82) is 0 Å². The molecule has 17 heavy (non-hydrogen) atoms. The molecule has 0 aliphatic rings. The fourth-order valence-corrected chi connectivity index (χ4v) is 1.58. The minimum Gasteiger partial charge on any atom is -0.307 e. The highest BCUT2D eigenvalue weighted by molar-refractivity contribution is 5.23. The third-order valence-electron chi connectivity index (χ3n) is 2.49. The predicted molar refractivity (Wildman–Crippen MR) is 63.7 cm³/mol. The standard InChI is InChI=1S/C13H14FN3/c1-10-7-11(4-5-13(10)14)8-15-9-12-3-2-6-16-17-12/h2-7,15H,8-9H2,1H3. The van der Waals surface area contributed by atoms with Gasteiger partial charge in [0.2, 0.25) is 0 Å². The average molecular weight is 231 g/mol. The number of aryl methyl sites for hydroxylation is 1. The number of nitrogens with one attached hydrogen (secondary N) is 1. The second-order valence-electron chi connectivity index (χ2n) is 3.90. The summed E-state index contributed by atoms with van der Waals surface area (Å²) in [5.74, 6) is -0.164. The van der Waals surface area contributed by atoms with E-state index in [1.165, 1.54) is 6.07 Å². The van der Waals surface area contributed by atoms with E-state index in [0.717, 1.165) is 11.3 Å². The number of halogens is 1. The zero-order chi connectivity index (χ0) is 12.1. The van der Waals surface area contributed by atoms with Gasteiger partial charge >= 0.3 is 0 Å².